The van der Waals surface area contributed by atoms with Gasteiger partial charge in [0.05, 0.1) is 18.3 Å². The van der Waals surface area contributed by atoms with Crippen molar-refractivity contribution in [3.8, 4) is 0 Å². The van der Waals surface area contributed by atoms with E-state index in [-0.39, 0.29) is 57.8 Å². The summed E-state index contributed by atoms with van der Waals surface area (Å²) in [6, 6.07) is 0. The molecule has 2 saturated heterocycles. The smallest absolute Gasteiger partial charge is 0.193 e. The van der Waals surface area contributed by atoms with Crippen molar-refractivity contribution in [1.82, 2.24) is 0 Å². The van der Waals surface area contributed by atoms with Crippen LogP contribution in [0.25, 0.3) is 0 Å². The second-order valence-corrected chi connectivity index (χ2v) is 31.7. The second-order valence-electron chi connectivity index (χ2n) is 16.7. The second kappa shape index (κ2) is 13.5. The number of rotatable bonds is 10. The topological polar surface area (TPSA) is 63.2 Å². The van der Waals surface area contributed by atoms with E-state index >= 15 is 0 Å². The first kappa shape index (κ1) is 37.8. The molecule has 6 nitrogen and oxygen atoms in total. The lowest BCUT2D eigenvalue weighted by Crippen LogP contribution is -2.69. The Morgan fingerprint density at radius 3 is 1.71 bits per heavy atom. The predicted octanol–water partition coefficient (Wildman–Crippen LogP) is 9.01. The Hall–Kier alpha value is 0.591. The summed E-state index contributed by atoms with van der Waals surface area (Å²) in [6.45, 7) is 34.3. The van der Waals surface area contributed by atoms with Crippen LogP contribution in [0.4, 0.5) is 0 Å². The van der Waals surface area contributed by atoms with Gasteiger partial charge in [0, 0.05) is 6.42 Å². The molecule has 0 saturated carbocycles. The van der Waals surface area contributed by atoms with Crippen LogP contribution in [0.1, 0.15) is 81.6 Å². The Bertz CT molecular complexity index is 903. The Morgan fingerprint density at radius 2 is 1.27 bits per heavy atom. The fourth-order valence-electron chi connectivity index (χ4n) is 4.63. The highest BCUT2D eigenvalue weighted by Gasteiger charge is 2.57. The molecule has 0 aromatic heterocycles. The Morgan fingerprint density at radius 1 is 0.780 bits per heavy atom. The van der Waals surface area contributed by atoms with E-state index in [2.05, 4.69) is 134 Å². The summed E-state index contributed by atoms with van der Waals surface area (Å²) in [5.41, 5.74) is 0. The molecule has 2 fully saturated rings. The minimum Gasteiger partial charge on any atom is -0.408 e. The van der Waals surface area contributed by atoms with Crippen LogP contribution >= 0.6 is 22.6 Å². The van der Waals surface area contributed by atoms with Gasteiger partial charge in [-0.05, 0) is 77.4 Å². The number of ether oxygens (including phenoxy) is 2. The van der Waals surface area contributed by atoms with Gasteiger partial charge >= 0.3 is 0 Å². The highest BCUT2D eigenvalue weighted by Crippen LogP contribution is 2.47. The lowest BCUT2D eigenvalue weighted by atomic mass is 9.87. The minimum absolute atomic E-state index is 0.00170. The molecule has 2 rings (SSSR count). The lowest BCUT2D eigenvalue weighted by Gasteiger charge is -2.56. The SMILES string of the molecule is CC(C)(C)[Si](C)(C)OC1C(O[Si](C)(C)C(C)(C)C)[C@H]2OC(CC=O)CC[C@@H]2O[C@H]1[C@H](/C=C/I)O[Si](C)(C)C(C)(C)C. The molecule has 41 heavy (non-hydrogen) atoms. The maximum atomic E-state index is 11.5. The van der Waals surface area contributed by atoms with Crippen LogP contribution in [0.2, 0.25) is 54.4 Å². The molecule has 0 aromatic carbocycles. The Balaban J connectivity index is 2.73. The molecule has 240 valence electrons. The van der Waals surface area contributed by atoms with Crippen molar-refractivity contribution < 1.29 is 27.5 Å². The van der Waals surface area contributed by atoms with Gasteiger partial charge < -0.3 is 27.5 Å². The van der Waals surface area contributed by atoms with Crippen LogP contribution < -0.4 is 0 Å². The summed E-state index contributed by atoms with van der Waals surface area (Å²) < 4.78 is 37.6. The molecule has 0 spiro atoms. The monoisotopic (exact) mass is 740 g/mol. The van der Waals surface area contributed by atoms with Crippen LogP contribution in [-0.2, 0) is 27.5 Å². The summed E-state index contributed by atoms with van der Waals surface area (Å²) in [5, 5.41) is 0.0521. The number of hydrogen-bond acceptors (Lipinski definition) is 6. The van der Waals surface area contributed by atoms with Gasteiger partial charge in [0.25, 0.3) is 0 Å². The molecule has 0 aromatic rings. The third-order valence-corrected chi connectivity index (χ3v) is 24.3. The molecule has 10 heteroatoms. The van der Waals surface area contributed by atoms with E-state index in [4.69, 9.17) is 22.8 Å². The average Bonchev–Trinajstić information content (AvgIpc) is 2.78. The first-order valence-electron chi connectivity index (χ1n) is 15.4. The quantitative estimate of drug-likeness (QED) is 0.127. The van der Waals surface area contributed by atoms with E-state index in [9.17, 15) is 4.79 Å². The van der Waals surface area contributed by atoms with Gasteiger partial charge in [-0.1, -0.05) is 84.9 Å². The van der Waals surface area contributed by atoms with Gasteiger partial charge in [0.2, 0.25) is 0 Å². The summed E-state index contributed by atoms with van der Waals surface area (Å²) in [4.78, 5) is 11.5. The minimum atomic E-state index is -2.28. The van der Waals surface area contributed by atoms with Crippen LogP contribution in [-0.4, -0.2) is 74.0 Å². The van der Waals surface area contributed by atoms with Gasteiger partial charge in [0.15, 0.2) is 25.0 Å². The van der Waals surface area contributed by atoms with E-state index in [1.807, 2.05) is 0 Å². The number of halogens is 1. The average molecular weight is 741 g/mol. The van der Waals surface area contributed by atoms with Crippen molar-refractivity contribution in [1.29, 1.82) is 0 Å². The molecule has 0 aliphatic carbocycles. The normalized spacial score (nSPS) is 29.9. The highest BCUT2D eigenvalue weighted by atomic mass is 127. The molecule has 2 heterocycles. The number of carbonyl (C=O) groups excluding carboxylic acids is 1. The van der Waals surface area contributed by atoms with Crippen molar-refractivity contribution in [2.75, 3.05) is 0 Å². The van der Waals surface area contributed by atoms with Crippen molar-refractivity contribution in [2.24, 2.45) is 0 Å². The molecular weight excluding hydrogens is 679 g/mol. The first-order chi connectivity index (χ1) is 18.4. The molecule has 3 unspecified atom stereocenters. The first-order valence-corrected chi connectivity index (χ1v) is 25.4. The summed E-state index contributed by atoms with van der Waals surface area (Å²) in [5.74, 6) is 0. The molecular formula is C31H61IO6Si3. The molecule has 0 bridgehead atoms. The van der Waals surface area contributed by atoms with E-state index in [0.29, 0.717) is 6.42 Å². The van der Waals surface area contributed by atoms with E-state index < -0.39 is 25.0 Å². The zero-order valence-electron chi connectivity index (χ0n) is 28.7. The largest absolute Gasteiger partial charge is 0.408 e. The molecule has 0 N–H and O–H groups in total. The van der Waals surface area contributed by atoms with Gasteiger partial charge in [-0.15, -0.1) is 0 Å². The van der Waals surface area contributed by atoms with Crippen molar-refractivity contribution in [3.63, 3.8) is 0 Å². The highest BCUT2D eigenvalue weighted by molar-refractivity contribution is 14.1. The van der Waals surface area contributed by atoms with Gasteiger partial charge in [-0.25, -0.2) is 0 Å². The van der Waals surface area contributed by atoms with E-state index in [1.54, 1.807) is 0 Å². The fourth-order valence-corrected chi connectivity index (χ4v) is 8.89. The summed E-state index contributed by atoms with van der Waals surface area (Å²) in [6.07, 6.45) is 3.25. The Kier molecular flexibility index (Phi) is 12.5. The number of carbonyl (C=O) groups is 1. The van der Waals surface area contributed by atoms with Crippen molar-refractivity contribution in [2.45, 2.75) is 179 Å². The number of hydrogen-bond donors (Lipinski definition) is 0. The van der Waals surface area contributed by atoms with Crippen molar-refractivity contribution >= 4 is 53.8 Å². The third-order valence-electron chi connectivity index (χ3n) is 10.4. The van der Waals surface area contributed by atoms with Crippen LogP contribution in [0, 0.1) is 0 Å². The molecule has 2 aliphatic rings. The molecule has 7 atom stereocenters. The van der Waals surface area contributed by atoms with Gasteiger partial charge in [0.1, 0.15) is 30.7 Å². The van der Waals surface area contributed by atoms with Gasteiger partial charge in [-0.2, -0.15) is 0 Å². The number of fused-ring (bicyclic) bond motifs is 1. The zero-order valence-corrected chi connectivity index (χ0v) is 33.9. The third kappa shape index (κ3) is 9.08. The maximum Gasteiger partial charge on any atom is 0.193 e. The van der Waals surface area contributed by atoms with E-state index in [1.165, 1.54) is 0 Å². The van der Waals surface area contributed by atoms with Crippen molar-refractivity contribution in [3.05, 3.63) is 10.2 Å². The standard InChI is InChI=1S/C31H61IO6Si3/c1-29(2,3)39(10,11)36-24(18-20-32)26-28(38-41(14,15)31(7,8)9)27(37-40(12,13)30(4,5)6)25-23(35-26)17-16-22(34-25)19-21-33/h18,20-28H,16-17,19H2,1-15H3/b20-18+/t22?,23-,24-,25-,26-,27?,28?/m0/s1. The molecule has 0 radical (unpaired) electrons. The predicted molar refractivity (Wildman–Crippen MR) is 187 cm³/mol. The summed E-state index contributed by atoms with van der Waals surface area (Å²) in [7, 11) is -6.69. The van der Waals surface area contributed by atoms with Crippen LogP contribution in [0.5, 0.6) is 0 Å². The van der Waals surface area contributed by atoms with Crippen LogP contribution in [0.15, 0.2) is 10.2 Å². The van der Waals surface area contributed by atoms with E-state index in [0.717, 1.165) is 19.1 Å². The maximum absolute atomic E-state index is 11.5. The van der Waals surface area contributed by atoms with Crippen LogP contribution in [0.3, 0.4) is 0 Å². The lowest BCUT2D eigenvalue weighted by molar-refractivity contribution is -0.266. The number of aldehydes is 1. The summed E-state index contributed by atoms with van der Waals surface area (Å²) >= 11 is 2.29. The Labute approximate surface area is 268 Å². The molecule has 0 amide bonds. The zero-order chi connectivity index (χ0) is 31.8. The van der Waals surface area contributed by atoms with Gasteiger partial charge in [-0.3, -0.25) is 0 Å². The molecule has 2 aliphatic heterocycles. The fraction of sp³-hybridized carbons (Fsp3) is 0.903.